The first-order valence-corrected chi connectivity index (χ1v) is 3.76. The Morgan fingerprint density at radius 1 is 1.60 bits per heavy atom. The average Bonchev–Trinajstić information content (AvgIpc) is 1.91. The number of carboxylic acid groups (broad SMARTS) is 1. The molecule has 0 aliphatic heterocycles. The van der Waals surface area contributed by atoms with Crippen LogP contribution in [0.15, 0.2) is 24.4 Å². The second-order valence-corrected chi connectivity index (χ2v) is 2.60. The molecule has 0 saturated carbocycles. The molecule has 0 saturated heterocycles. The van der Waals surface area contributed by atoms with Crippen molar-refractivity contribution >= 4 is 37.3 Å². The van der Waals surface area contributed by atoms with E-state index >= 15 is 0 Å². The summed E-state index contributed by atoms with van der Waals surface area (Å²) in [6.07, 6.45) is 1.82. The molecule has 0 spiro atoms. The molecule has 1 aromatic rings. The van der Waals surface area contributed by atoms with E-state index in [4.69, 9.17) is 9.90 Å². The van der Waals surface area contributed by atoms with Crippen molar-refractivity contribution in [1.82, 2.24) is 4.98 Å². The summed E-state index contributed by atoms with van der Waals surface area (Å²) in [4.78, 5) is 12.4. The van der Waals surface area contributed by atoms with Crippen molar-refractivity contribution in [2.24, 2.45) is 0 Å². The average molecular weight is 147 g/mol. The van der Waals surface area contributed by atoms with Crippen LogP contribution in [0.1, 0.15) is 0 Å². The zero-order valence-corrected chi connectivity index (χ0v) is 7.69. The number of nitrogens with zero attached hydrogens (tertiary/aromatic N) is 1. The van der Waals surface area contributed by atoms with Crippen LogP contribution in [0.5, 0.6) is 0 Å². The van der Waals surface area contributed by atoms with Gasteiger partial charge in [0, 0.05) is 0 Å². The van der Waals surface area contributed by atoms with Crippen LogP contribution in [-0.4, -0.2) is 44.5 Å². The van der Waals surface area contributed by atoms with Crippen LogP contribution >= 0.6 is 0 Å². The van der Waals surface area contributed by atoms with Gasteiger partial charge in [0.2, 0.25) is 0 Å². The molecule has 10 heavy (non-hydrogen) atoms. The van der Waals surface area contributed by atoms with E-state index in [1.165, 1.54) is 2.94 Å². The van der Waals surface area contributed by atoms with Crippen LogP contribution < -0.4 is 2.94 Å². The molecule has 0 aliphatic rings. The van der Waals surface area contributed by atoms with Crippen LogP contribution in [0.25, 0.3) is 0 Å². The standard InChI is InChI=1S/C5H4N.CH2O2.Na/c1-2-4-6-5-3-1;2-1-3;/h1-4H;1H,(H,2,3);. The SMILES string of the molecule is O=CO.[Na][c]1ccccn1. The van der Waals surface area contributed by atoms with Crippen molar-refractivity contribution in [2.45, 2.75) is 0 Å². The fourth-order valence-electron chi connectivity index (χ4n) is 0.448. The molecule has 0 unspecified atom stereocenters. The molecule has 0 bridgehead atoms. The van der Waals surface area contributed by atoms with E-state index in [9.17, 15) is 0 Å². The minimum absolute atomic E-state index is 0.250. The van der Waals surface area contributed by atoms with E-state index in [2.05, 4.69) is 4.98 Å². The molecule has 3 nitrogen and oxygen atoms in total. The Balaban J connectivity index is 0.000000236. The Bertz CT molecular complexity index is 178. The Labute approximate surface area is 76.5 Å². The number of aromatic nitrogens is 1. The summed E-state index contributed by atoms with van der Waals surface area (Å²) in [5.41, 5.74) is 0. The third-order valence-corrected chi connectivity index (χ3v) is 1.40. The quantitative estimate of drug-likeness (QED) is 0.400. The summed E-state index contributed by atoms with van der Waals surface area (Å²) in [5.74, 6) is 0. The first kappa shape index (κ1) is 9.62. The number of pyridine rings is 1. The Morgan fingerprint density at radius 2 is 2.20 bits per heavy atom. The minimum atomic E-state index is -0.250. The maximum absolute atomic E-state index is 8.36. The topological polar surface area (TPSA) is 50.2 Å². The van der Waals surface area contributed by atoms with E-state index in [0.717, 1.165) is 27.9 Å². The van der Waals surface area contributed by atoms with Crippen LogP contribution in [0, 0.1) is 0 Å². The van der Waals surface area contributed by atoms with Gasteiger partial charge in [-0.15, -0.1) is 0 Å². The van der Waals surface area contributed by atoms with Gasteiger partial charge in [0.05, 0.1) is 0 Å². The van der Waals surface area contributed by atoms with Gasteiger partial charge in [-0.1, -0.05) is 0 Å². The molecule has 48 valence electrons. The van der Waals surface area contributed by atoms with Crippen molar-refractivity contribution in [3.05, 3.63) is 24.4 Å². The van der Waals surface area contributed by atoms with Crippen LogP contribution in [0.2, 0.25) is 0 Å². The van der Waals surface area contributed by atoms with Gasteiger partial charge in [0.25, 0.3) is 6.47 Å². The van der Waals surface area contributed by atoms with Gasteiger partial charge in [-0.2, -0.15) is 0 Å². The van der Waals surface area contributed by atoms with Gasteiger partial charge >= 0.3 is 60.3 Å². The third kappa shape index (κ3) is 5.75. The third-order valence-electron chi connectivity index (χ3n) is 0.813. The molecule has 0 atom stereocenters. The predicted octanol–water partition coefficient (Wildman–Crippen LogP) is -0.424. The molecule has 1 N–H and O–H groups in total. The van der Waals surface area contributed by atoms with Gasteiger partial charge in [-0.25, -0.2) is 0 Å². The molecular weight excluding hydrogens is 141 g/mol. The molecule has 1 aromatic heterocycles. The first-order chi connectivity index (χ1) is 4.81. The first-order valence-electron chi connectivity index (χ1n) is 2.76. The maximum atomic E-state index is 8.36. The molecule has 0 aromatic carbocycles. The summed E-state index contributed by atoms with van der Waals surface area (Å²) >= 11 is 1.06. The molecular formula is C6H6NNaO2. The molecule has 1 rings (SSSR count). The van der Waals surface area contributed by atoms with Crippen LogP contribution in [0.4, 0.5) is 0 Å². The van der Waals surface area contributed by atoms with Crippen molar-refractivity contribution in [3.8, 4) is 0 Å². The van der Waals surface area contributed by atoms with E-state index in [-0.39, 0.29) is 6.47 Å². The van der Waals surface area contributed by atoms with E-state index in [1.807, 2.05) is 24.4 Å². The summed E-state index contributed by atoms with van der Waals surface area (Å²) in [6.45, 7) is -0.250. The van der Waals surface area contributed by atoms with Crippen LogP contribution in [0.3, 0.4) is 0 Å². The number of hydrogen-bond donors (Lipinski definition) is 1. The molecule has 0 aliphatic carbocycles. The monoisotopic (exact) mass is 147 g/mol. The number of hydrogen-bond acceptors (Lipinski definition) is 2. The summed E-state index contributed by atoms with van der Waals surface area (Å²) < 4.78 is 1.21. The predicted molar refractivity (Wildman–Crippen MR) is 38.3 cm³/mol. The second-order valence-electron chi connectivity index (χ2n) is 1.58. The van der Waals surface area contributed by atoms with Crippen molar-refractivity contribution < 1.29 is 9.90 Å². The number of rotatable bonds is 0. The fourth-order valence-corrected chi connectivity index (χ4v) is 0.790. The fraction of sp³-hybridized carbons (Fsp3) is 0. The summed E-state index contributed by atoms with van der Waals surface area (Å²) in [5, 5.41) is 6.89. The van der Waals surface area contributed by atoms with Crippen molar-refractivity contribution in [3.63, 3.8) is 0 Å². The molecule has 4 heteroatoms. The van der Waals surface area contributed by atoms with Gasteiger partial charge in [0.1, 0.15) is 0 Å². The van der Waals surface area contributed by atoms with Gasteiger partial charge in [0.15, 0.2) is 0 Å². The van der Waals surface area contributed by atoms with E-state index < -0.39 is 0 Å². The zero-order chi connectivity index (χ0) is 7.82. The molecule has 0 fully saturated rings. The number of carbonyl (C=O) groups is 1. The molecule has 1 heterocycles. The normalized spacial score (nSPS) is 7.40. The zero-order valence-electron chi connectivity index (χ0n) is 5.69. The van der Waals surface area contributed by atoms with E-state index in [0.29, 0.717) is 0 Å². The van der Waals surface area contributed by atoms with Crippen molar-refractivity contribution in [2.75, 3.05) is 0 Å². The van der Waals surface area contributed by atoms with Crippen LogP contribution in [-0.2, 0) is 4.79 Å². The Kier molecular flexibility index (Phi) is 6.48. The summed E-state index contributed by atoms with van der Waals surface area (Å²) in [7, 11) is 0. The van der Waals surface area contributed by atoms with Gasteiger partial charge in [-0.3, -0.25) is 4.79 Å². The molecule has 0 radical (unpaired) electrons. The summed E-state index contributed by atoms with van der Waals surface area (Å²) in [6, 6.07) is 5.98. The van der Waals surface area contributed by atoms with Gasteiger partial charge in [-0.05, 0) is 0 Å². The second kappa shape index (κ2) is 6.74. The Morgan fingerprint density at radius 3 is 2.40 bits per heavy atom. The van der Waals surface area contributed by atoms with Gasteiger partial charge < -0.3 is 5.11 Å². The Hall–Kier alpha value is -0.380. The molecule has 0 amide bonds. The van der Waals surface area contributed by atoms with Crippen molar-refractivity contribution in [1.29, 1.82) is 0 Å². The van der Waals surface area contributed by atoms with E-state index in [1.54, 1.807) is 0 Å².